The first-order chi connectivity index (χ1) is 9.12. The van der Waals surface area contributed by atoms with Crippen molar-refractivity contribution in [1.29, 1.82) is 0 Å². The van der Waals surface area contributed by atoms with Crippen LogP contribution in [0.4, 0.5) is 14.9 Å². The monoisotopic (exact) mass is 280 g/mol. The Morgan fingerprint density at radius 1 is 1.25 bits per heavy atom. The Morgan fingerprint density at radius 3 is 2.25 bits per heavy atom. The number of nitrogens with two attached hydrogens (primary N) is 1. The van der Waals surface area contributed by atoms with Crippen LogP contribution >= 0.6 is 0 Å². The van der Waals surface area contributed by atoms with Crippen LogP contribution < -0.4 is 16.5 Å². The third-order valence-electron chi connectivity index (χ3n) is 3.78. The Hall–Kier alpha value is -1.60. The van der Waals surface area contributed by atoms with Gasteiger partial charge in [-0.25, -0.2) is 9.18 Å². The minimum absolute atomic E-state index is 0.0257. The first-order valence-electron chi connectivity index (χ1n) is 6.34. The number of amides is 2. The predicted molar refractivity (Wildman–Crippen MR) is 75.3 cm³/mol. The number of hydrogen-bond acceptors (Lipinski definition) is 3. The standard InChI is InChI=1S/C13H18BFN2O3/c1-12(2)13(3,4)20-14(19-12)8-5-6-10(9(15)7-8)17-11(16)18/h5-7H,1-4H3,(H3,16,17,18). The van der Waals surface area contributed by atoms with Gasteiger partial charge in [-0.1, -0.05) is 6.07 Å². The number of hydrogen-bond donors (Lipinski definition) is 2. The lowest BCUT2D eigenvalue weighted by molar-refractivity contribution is 0.00578. The minimum Gasteiger partial charge on any atom is -0.399 e. The molecule has 108 valence electrons. The summed E-state index contributed by atoms with van der Waals surface area (Å²) in [7, 11) is -0.642. The van der Waals surface area contributed by atoms with E-state index in [0.29, 0.717) is 5.46 Å². The molecule has 0 atom stereocenters. The first-order valence-corrected chi connectivity index (χ1v) is 6.34. The molecule has 0 bridgehead atoms. The molecule has 5 nitrogen and oxygen atoms in total. The molecule has 3 N–H and O–H groups in total. The predicted octanol–water partition coefficient (Wildman–Crippen LogP) is 1.62. The van der Waals surface area contributed by atoms with E-state index in [0.717, 1.165) is 0 Å². The number of carbonyl (C=O) groups excluding carboxylic acids is 1. The molecule has 7 heteroatoms. The highest BCUT2D eigenvalue weighted by Crippen LogP contribution is 2.36. The number of halogens is 1. The van der Waals surface area contributed by atoms with Gasteiger partial charge in [0.15, 0.2) is 0 Å². The Morgan fingerprint density at radius 2 is 1.80 bits per heavy atom. The molecule has 0 radical (unpaired) electrons. The number of carbonyl (C=O) groups is 1. The number of nitrogens with one attached hydrogen (secondary N) is 1. The van der Waals surface area contributed by atoms with Gasteiger partial charge in [-0.15, -0.1) is 0 Å². The molecule has 1 aliphatic rings. The summed E-state index contributed by atoms with van der Waals surface area (Å²) in [6.07, 6.45) is 0. The van der Waals surface area contributed by atoms with Crippen LogP contribution in [0.15, 0.2) is 18.2 Å². The lowest BCUT2D eigenvalue weighted by atomic mass is 9.79. The van der Waals surface area contributed by atoms with Crippen molar-refractivity contribution in [2.45, 2.75) is 38.9 Å². The van der Waals surface area contributed by atoms with Gasteiger partial charge >= 0.3 is 13.1 Å². The molecule has 1 heterocycles. The Bertz CT molecular complexity index is 532. The van der Waals surface area contributed by atoms with Crippen molar-refractivity contribution in [1.82, 2.24) is 0 Å². The van der Waals surface area contributed by atoms with E-state index in [-0.39, 0.29) is 5.69 Å². The highest BCUT2D eigenvalue weighted by Gasteiger charge is 2.51. The van der Waals surface area contributed by atoms with Crippen LogP contribution in [0, 0.1) is 5.82 Å². The van der Waals surface area contributed by atoms with Gasteiger partial charge in [0.1, 0.15) is 5.82 Å². The number of anilines is 1. The zero-order valence-electron chi connectivity index (χ0n) is 12.0. The average molecular weight is 280 g/mol. The van der Waals surface area contributed by atoms with Crippen LogP contribution in [-0.2, 0) is 9.31 Å². The Kier molecular flexibility index (Phi) is 3.52. The maximum absolute atomic E-state index is 13.9. The van der Waals surface area contributed by atoms with Gasteiger partial charge in [-0.3, -0.25) is 0 Å². The lowest BCUT2D eigenvalue weighted by Crippen LogP contribution is -2.41. The van der Waals surface area contributed by atoms with Crippen molar-refractivity contribution in [2.75, 3.05) is 5.32 Å². The normalized spacial score (nSPS) is 19.9. The van der Waals surface area contributed by atoms with Crippen molar-refractivity contribution in [3.05, 3.63) is 24.0 Å². The number of urea groups is 1. The maximum Gasteiger partial charge on any atom is 0.494 e. The van der Waals surface area contributed by atoms with Gasteiger partial charge in [0.25, 0.3) is 0 Å². The second-order valence-corrected chi connectivity index (χ2v) is 5.82. The number of primary amides is 1. The number of benzene rings is 1. The smallest absolute Gasteiger partial charge is 0.399 e. The fraction of sp³-hybridized carbons (Fsp3) is 0.462. The lowest BCUT2D eigenvalue weighted by Gasteiger charge is -2.32. The molecule has 1 saturated heterocycles. The summed E-state index contributed by atoms with van der Waals surface area (Å²) in [6, 6.07) is 3.52. The molecule has 0 saturated carbocycles. The second kappa shape index (κ2) is 4.75. The molecule has 1 aliphatic heterocycles. The van der Waals surface area contributed by atoms with Crippen molar-refractivity contribution >= 4 is 24.3 Å². The minimum atomic E-state index is -0.813. The fourth-order valence-electron chi connectivity index (χ4n) is 1.89. The first kappa shape index (κ1) is 14.8. The molecule has 1 fully saturated rings. The third kappa shape index (κ3) is 2.64. The second-order valence-electron chi connectivity index (χ2n) is 5.82. The molecule has 1 aromatic rings. The van der Waals surface area contributed by atoms with Crippen LogP contribution in [-0.4, -0.2) is 24.4 Å². The van der Waals surface area contributed by atoms with E-state index in [4.69, 9.17) is 15.0 Å². The van der Waals surface area contributed by atoms with Crippen LogP contribution in [0.3, 0.4) is 0 Å². The van der Waals surface area contributed by atoms with Crippen LogP contribution in [0.1, 0.15) is 27.7 Å². The zero-order chi connectivity index (χ0) is 15.1. The van der Waals surface area contributed by atoms with E-state index >= 15 is 0 Å². The van der Waals surface area contributed by atoms with Gasteiger partial charge in [-0.05, 0) is 45.3 Å². The van der Waals surface area contributed by atoms with E-state index in [2.05, 4.69) is 5.32 Å². The summed E-state index contributed by atoms with van der Waals surface area (Å²) in [4.78, 5) is 10.7. The zero-order valence-corrected chi connectivity index (χ0v) is 12.0. The van der Waals surface area contributed by atoms with Crippen molar-refractivity contribution in [3.8, 4) is 0 Å². The van der Waals surface area contributed by atoms with Gasteiger partial charge < -0.3 is 20.4 Å². The molecule has 0 aromatic heterocycles. The molecule has 1 aromatic carbocycles. The molecule has 2 rings (SSSR count). The maximum atomic E-state index is 13.9. The van der Waals surface area contributed by atoms with Crippen molar-refractivity contribution in [3.63, 3.8) is 0 Å². The van der Waals surface area contributed by atoms with Crippen molar-refractivity contribution in [2.24, 2.45) is 5.73 Å². The van der Waals surface area contributed by atoms with Gasteiger partial charge in [-0.2, -0.15) is 0 Å². The van der Waals surface area contributed by atoms with E-state index in [1.165, 1.54) is 12.1 Å². The molecule has 20 heavy (non-hydrogen) atoms. The molecular formula is C13H18BFN2O3. The van der Waals surface area contributed by atoms with Crippen LogP contribution in [0.25, 0.3) is 0 Å². The van der Waals surface area contributed by atoms with Gasteiger partial charge in [0.05, 0.1) is 16.9 Å². The topological polar surface area (TPSA) is 73.6 Å². The SMILES string of the molecule is CC1(C)OB(c2ccc(NC(N)=O)c(F)c2)OC1(C)C. The molecule has 2 amide bonds. The summed E-state index contributed by atoms with van der Waals surface area (Å²) >= 11 is 0. The summed E-state index contributed by atoms with van der Waals surface area (Å²) in [5.74, 6) is -0.587. The summed E-state index contributed by atoms with van der Waals surface area (Å²) in [5, 5.41) is 2.21. The molecule has 0 aliphatic carbocycles. The quantitative estimate of drug-likeness (QED) is 0.808. The van der Waals surface area contributed by atoms with E-state index in [1.54, 1.807) is 6.07 Å². The summed E-state index contributed by atoms with van der Waals surface area (Å²) in [6.45, 7) is 7.69. The third-order valence-corrected chi connectivity index (χ3v) is 3.78. The Balaban J connectivity index is 2.24. The Labute approximate surface area is 117 Å². The van der Waals surface area contributed by atoms with Crippen molar-refractivity contribution < 1.29 is 18.5 Å². The van der Waals surface area contributed by atoms with E-state index in [9.17, 15) is 9.18 Å². The van der Waals surface area contributed by atoms with Gasteiger partial charge in [0.2, 0.25) is 0 Å². The number of rotatable bonds is 2. The van der Waals surface area contributed by atoms with Crippen LogP contribution in [0.5, 0.6) is 0 Å². The fourth-order valence-corrected chi connectivity index (χ4v) is 1.89. The molecule has 0 unspecified atom stereocenters. The highest BCUT2D eigenvalue weighted by atomic mass is 19.1. The average Bonchev–Trinajstić information content (AvgIpc) is 2.50. The summed E-state index contributed by atoms with van der Waals surface area (Å²) < 4.78 is 25.5. The van der Waals surface area contributed by atoms with Gasteiger partial charge in [0, 0.05) is 0 Å². The molecule has 0 spiro atoms. The molecular weight excluding hydrogens is 262 g/mol. The highest BCUT2D eigenvalue weighted by molar-refractivity contribution is 6.62. The largest absolute Gasteiger partial charge is 0.494 e. The summed E-state index contributed by atoms with van der Waals surface area (Å²) in [5.41, 5.74) is 4.56. The van der Waals surface area contributed by atoms with Crippen LogP contribution in [0.2, 0.25) is 0 Å². The van der Waals surface area contributed by atoms with E-state index < -0.39 is 30.2 Å². The van der Waals surface area contributed by atoms with E-state index in [1.807, 2.05) is 27.7 Å².